The summed E-state index contributed by atoms with van der Waals surface area (Å²) in [4.78, 5) is 0. The van der Waals surface area contributed by atoms with Gasteiger partial charge in [-0.3, -0.25) is 0 Å². The Morgan fingerprint density at radius 3 is 2.29 bits per heavy atom. The third-order valence-electron chi connectivity index (χ3n) is 4.05. The van der Waals surface area contributed by atoms with Crippen molar-refractivity contribution in [2.45, 2.75) is 65.8 Å². The molecule has 2 heteroatoms. The SMILES string of the molecule is CCCNC(CCCCc1ccc(OC)cc1)C(C)(C)C. The van der Waals surface area contributed by atoms with E-state index >= 15 is 0 Å². The average molecular weight is 291 g/mol. The van der Waals surface area contributed by atoms with E-state index in [-0.39, 0.29) is 0 Å². The molecule has 0 saturated carbocycles. The first-order valence-corrected chi connectivity index (χ1v) is 8.33. The summed E-state index contributed by atoms with van der Waals surface area (Å²) in [5, 5.41) is 3.71. The monoisotopic (exact) mass is 291 g/mol. The van der Waals surface area contributed by atoms with E-state index in [9.17, 15) is 0 Å². The standard InChI is InChI=1S/C19H33NO/c1-6-15-20-18(19(2,3)4)10-8-7-9-16-11-13-17(21-5)14-12-16/h11-14,18,20H,6-10,15H2,1-5H3. The van der Waals surface area contributed by atoms with Gasteiger partial charge in [0.2, 0.25) is 0 Å². The van der Waals surface area contributed by atoms with Gasteiger partial charge < -0.3 is 10.1 Å². The van der Waals surface area contributed by atoms with Gasteiger partial charge in [-0.25, -0.2) is 0 Å². The molecule has 0 heterocycles. The Labute approximate surface area is 131 Å². The number of nitrogens with one attached hydrogen (secondary N) is 1. The predicted molar refractivity (Wildman–Crippen MR) is 92.1 cm³/mol. The van der Waals surface area contributed by atoms with Crippen LogP contribution in [-0.4, -0.2) is 19.7 Å². The van der Waals surface area contributed by atoms with Crippen molar-refractivity contribution in [1.82, 2.24) is 5.32 Å². The summed E-state index contributed by atoms with van der Waals surface area (Å²) in [5.74, 6) is 0.940. The highest BCUT2D eigenvalue weighted by Gasteiger charge is 2.22. The normalized spacial score (nSPS) is 13.2. The van der Waals surface area contributed by atoms with Gasteiger partial charge in [-0.05, 0) is 55.3 Å². The fourth-order valence-corrected chi connectivity index (χ4v) is 2.63. The van der Waals surface area contributed by atoms with Crippen molar-refractivity contribution in [3.8, 4) is 5.75 Å². The second kappa shape index (κ2) is 9.09. The minimum atomic E-state index is 0.343. The van der Waals surface area contributed by atoms with Crippen molar-refractivity contribution < 1.29 is 4.74 Å². The first-order chi connectivity index (χ1) is 9.97. The van der Waals surface area contributed by atoms with Crippen LogP contribution in [0.4, 0.5) is 0 Å². The van der Waals surface area contributed by atoms with Crippen LogP contribution in [0.2, 0.25) is 0 Å². The Kier molecular flexibility index (Phi) is 7.81. The number of rotatable bonds is 9. The number of hydrogen-bond donors (Lipinski definition) is 1. The van der Waals surface area contributed by atoms with E-state index in [0.29, 0.717) is 11.5 Å². The minimum Gasteiger partial charge on any atom is -0.497 e. The van der Waals surface area contributed by atoms with E-state index in [4.69, 9.17) is 4.74 Å². The van der Waals surface area contributed by atoms with Crippen LogP contribution >= 0.6 is 0 Å². The zero-order valence-corrected chi connectivity index (χ0v) is 14.5. The topological polar surface area (TPSA) is 21.3 Å². The average Bonchev–Trinajstić information content (AvgIpc) is 2.45. The van der Waals surface area contributed by atoms with Crippen molar-refractivity contribution in [2.75, 3.05) is 13.7 Å². The van der Waals surface area contributed by atoms with Crippen molar-refractivity contribution in [3.63, 3.8) is 0 Å². The van der Waals surface area contributed by atoms with Gasteiger partial charge >= 0.3 is 0 Å². The van der Waals surface area contributed by atoms with Crippen LogP contribution in [0.5, 0.6) is 5.75 Å². The van der Waals surface area contributed by atoms with Crippen LogP contribution in [0.25, 0.3) is 0 Å². The third-order valence-corrected chi connectivity index (χ3v) is 4.05. The van der Waals surface area contributed by atoms with Gasteiger partial charge in [0.05, 0.1) is 7.11 Å². The summed E-state index contributed by atoms with van der Waals surface area (Å²) in [6.45, 7) is 10.4. The summed E-state index contributed by atoms with van der Waals surface area (Å²) in [7, 11) is 1.71. The molecular weight excluding hydrogens is 258 g/mol. The minimum absolute atomic E-state index is 0.343. The maximum atomic E-state index is 5.19. The maximum Gasteiger partial charge on any atom is 0.118 e. The molecule has 0 aromatic heterocycles. The summed E-state index contributed by atoms with van der Waals surface area (Å²) in [6, 6.07) is 9.07. The van der Waals surface area contributed by atoms with E-state index in [2.05, 4.69) is 57.3 Å². The van der Waals surface area contributed by atoms with Crippen molar-refractivity contribution in [3.05, 3.63) is 29.8 Å². The Bertz CT molecular complexity index is 378. The molecule has 1 rings (SSSR count). The van der Waals surface area contributed by atoms with Crippen LogP contribution in [-0.2, 0) is 6.42 Å². The molecule has 21 heavy (non-hydrogen) atoms. The summed E-state index contributed by atoms with van der Waals surface area (Å²) in [6.07, 6.45) is 6.17. The molecule has 0 amide bonds. The van der Waals surface area contributed by atoms with Crippen LogP contribution in [0, 0.1) is 5.41 Å². The second-order valence-electron chi connectivity index (χ2n) is 6.97. The fraction of sp³-hybridized carbons (Fsp3) is 0.684. The van der Waals surface area contributed by atoms with Gasteiger partial charge in [-0.15, -0.1) is 0 Å². The third kappa shape index (κ3) is 6.99. The predicted octanol–water partition coefficient (Wildman–Crippen LogP) is 4.82. The number of ether oxygens (including phenoxy) is 1. The highest BCUT2D eigenvalue weighted by molar-refractivity contribution is 5.27. The molecule has 0 radical (unpaired) electrons. The molecule has 0 aliphatic rings. The largest absolute Gasteiger partial charge is 0.497 e. The molecule has 0 aliphatic heterocycles. The van der Waals surface area contributed by atoms with E-state index < -0.39 is 0 Å². The molecule has 1 aromatic carbocycles. The molecule has 2 nitrogen and oxygen atoms in total. The van der Waals surface area contributed by atoms with Crippen molar-refractivity contribution in [1.29, 1.82) is 0 Å². The Morgan fingerprint density at radius 2 is 1.76 bits per heavy atom. The van der Waals surface area contributed by atoms with Crippen molar-refractivity contribution in [2.24, 2.45) is 5.41 Å². The zero-order valence-electron chi connectivity index (χ0n) is 14.5. The number of aryl methyl sites for hydroxylation is 1. The van der Waals surface area contributed by atoms with Crippen LogP contribution in [0.15, 0.2) is 24.3 Å². The van der Waals surface area contributed by atoms with Gasteiger partial charge in [0.25, 0.3) is 0 Å². The number of hydrogen-bond acceptors (Lipinski definition) is 2. The lowest BCUT2D eigenvalue weighted by molar-refractivity contribution is 0.250. The van der Waals surface area contributed by atoms with Crippen LogP contribution in [0.3, 0.4) is 0 Å². The van der Waals surface area contributed by atoms with Crippen LogP contribution in [0.1, 0.15) is 58.9 Å². The number of methoxy groups -OCH3 is 1. The van der Waals surface area contributed by atoms with Gasteiger partial charge in [0, 0.05) is 6.04 Å². The van der Waals surface area contributed by atoms with Crippen molar-refractivity contribution >= 4 is 0 Å². The van der Waals surface area contributed by atoms with Gasteiger partial charge in [-0.1, -0.05) is 46.2 Å². The zero-order chi connectivity index (χ0) is 15.7. The van der Waals surface area contributed by atoms with E-state index in [1.54, 1.807) is 7.11 Å². The molecule has 0 fully saturated rings. The number of unbranched alkanes of at least 4 members (excludes halogenated alkanes) is 1. The lowest BCUT2D eigenvalue weighted by atomic mass is 9.83. The Hall–Kier alpha value is -1.02. The highest BCUT2D eigenvalue weighted by atomic mass is 16.5. The molecule has 0 bridgehead atoms. The molecule has 0 spiro atoms. The molecule has 1 aromatic rings. The fourth-order valence-electron chi connectivity index (χ4n) is 2.63. The number of benzene rings is 1. The lowest BCUT2D eigenvalue weighted by Crippen LogP contribution is -2.40. The molecule has 120 valence electrons. The molecule has 1 N–H and O–H groups in total. The highest BCUT2D eigenvalue weighted by Crippen LogP contribution is 2.24. The quantitative estimate of drug-likeness (QED) is 0.658. The molecule has 1 atom stereocenters. The van der Waals surface area contributed by atoms with Gasteiger partial charge in [-0.2, -0.15) is 0 Å². The smallest absolute Gasteiger partial charge is 0.118 e. The second-order valence-corrected chi connectivity index (χ2v) is 6.97. The summed E-state index contributed by atoms with van der Waals surface area (Å²) in [5.41, 5.74) is 1.75. The molecule has 0 aliphatic carbocycles. The van der Waals surface area contributed by atoms with Crippen LogP contribution < -0.4 is 10.1 Å². The van der Waals surface area contributed by atoms with Gasteiger partial charge in [0.1, 0.15) is 5.75 Å². The first-order valence-electron chi connectivity index (χ1n) is 8.33. The maximum absolute atomic E-state index is 5.19. The van der Waals surface area contributed by atoms with E-state index in [0.717, 1.165) is 18.7 Å². The summed E-state index contributed by atoms with van der Waals surface area (Å²) < 4.78 is 5.19. The molecular formula is C19H33NO. The Morgan fingerprint density at radius 1 is 1.10 bits per heavy atom. The molecule has 0 saturated heterocycles. The van der Waals surface area contributed by atoms with E-state index in [1.165, 1.54) is 31.2 Å². The van der Waals surface area contributed by atoms with E-state index in [1.807, 2.05) is 0 Å². The lowest BCUT2D eigenvalue weighted by Gasteiger charge is -2.32. The summed E-state index contributed by atoms with van der Waals surface area (Å²) >= 11 is 0. The van der Waals surface area contributed by atoms with Gasteiger partial charge in [0.15, 0.2) is 0 Å². The molecule has 1 unspecified atom stereocenters. The Balaban J connectivity index is 2.32. The first kappa shape index (κ1) is 18.0.